The number of hydrogen-bond donors (Lipinski definition) is 2. The molecule has 0 saturated carbocycles. The van der Waals surface area contributed by atoms with Gasteiger partial charge in [-0.1, -0.05) is 19.4 Å². The van der Waals surface area contributed by atoms with Crippen LogP contribution < -0.4 is 11.1 Å². The maximum Gasteiger partial charge on any atom is 0.244 e. The number of nitrogens with two attached hydrogens (primary N) is 1. The molecule has 0 aromatic heterocycles. The van der Waals surface area contributed by atoms with Crippen molar-refractivity contribution < 1.29 is 13.2 Å². The molecule has 0 radical (unpaired) electrons. The summed E-state index contributed by atoms with van der Waals surface area (Å²) in [6.45, 7) is 3.64. The summed E-state index contributed by atoms with van der Waals surface area (Å²) in [5.74, 6) is -0.154. The Kier molecular flexibility index (Phi) is 3.88. The third kappa shape index (κ3) is 2.86. The number of benzene rings is 1. The average molecular weight is 296 g/mol. The molecular weight excluding hydrogens is 276 g/mol. The first kappa shape index (κ1) is 15.0. The van der Waals surface area contributed by atoms with Gasteiger partial charge in [0.15, 0.2) is 9.84 Å². The number of sulfone groups is 1. The van der Waals surface area contributed by atoms with Crippen LogP contribution in [0.1, 0.15) is 32.3 Å². The predicted molar refractivity (Wildman–Crippen MR) is 78.3 cm³/mol. The van der Waals surface area contributed by atoms with Crippen LogP contribution in [0.3, 0.4) is 0 Å². The van der Waals surface area contributed by atoms with Gasteiger partial charge in [0.1, 0.15) is 0 Å². The lowest BCUT2D eigenvalue weighted by Crippen LogP contribution is -2.48. The molecule has 2 rings (SSSR count). The number of carbonyl (C=O) groups is 1. The highest BCUT2D eigenvalue weighted by Gasteiger charge is 2.29. The fourth-order valence-corrected chi connectivity index (χ4v) is 3.97. The van der Waals surface area contributed by atoms with Crippen LogP contribution in [0.2, 0.25) is 0 Å². The van der Waals surface area contributed by atoms with E-state index in [0.29, 0.717) is 23.4 Å². The van der Waals surface area contributed by atoms with E-state index >= 15 is 0 Å². The summed E-state index contributed by atoms with van der Waals surface area (Å²) in [7, 11) is -3.19. The summed E-state index contributed by atoms with van der Waals surface area (Å²) in [6.07, 6.45) is 1.91. The average Bonchev–Trinajstić information content (AvgIpc) is 2.65. The smallest absolute Gasteiger partial charge is 0.244 e. The zero-order valence-electron chi connectivity index (χ0n) is 11.8. The first-order chi connectivity index (χ1) is 9.26. The van der Waals surface area contributed by atoms with Gasteiger partial charge in [-0.25, -0.2) is 8.42 Å². The quantitative estimate of drug-likeness (QED) is 0.880. The molecule has 1 atom stereocenters. The van der Waals surface area contributed by atoms with E-state index in [1.165, 1.54) is 6.07 Å². The minimum absolute atomic E-state index is 0.143. The van der Waals surface area contributed by atoms with E-state index in [1.54, 1.807) is 19.1 Å². The molecule has 0 bridgehead atoms. The second-order valence-electron chi connectivity index (χ2n) is 5.51. The molecule has 0 aliphatic carbocycles. The fraction of sp³-hybridized carbons (Fsp3) is 0.500. The molecule has 1 aromatic carbocycles. The van der Waals surface area contributed by atoms with Gasteiger partial charge < -0.3 is 11.1 Å². The molecule has 1 aromatic rings. The van der Waals surface area contributed by atoms with Crippen molar-refractivity contribution in [1.82, 2.24) is 0 Å². The normalized spacial score (nSPS) is 19.1. The molecule has 20 heavy (non-hydrogen) atoms. The molecule has 5 nitrogen and oxygen atoms in total. The van der Waals surface area contributed by atoms with Gasteiger partial charge in [0.25, 0.3) is 0 Å². The largest absolute Gasteiger partial charge is 0.324 e. The highest BCUT2D eigenvalue weighted by atomic mass is 32.2. The van der Waals surface area contributed by atoms with Gasteiger partial charge in [-0.05, 0) is 37.5 Å². The number of aryl methyl sites for hydroxylation is 1. The first-order valence-corrected chi connectivity index (χ1v) is 8.37. The number of rotatable bonds is 4. The predicted octanol–water partition coefficient (Wildman–Crippen LogP) is 1.47. The van der Waals surface area contributed by atoms with Gasteiger partial charge in [-0.3, -0.25) is 4.79 Å². The lowest BCUT2D eigenvalue weighted by molar-refractivity contribution is -0.120. The van der Waals surface area contributed by atoms with Crippen LogP contribution in [0.4, 0.5) is 5.69 Å². The zero-order valence-corrected chi connectivity index (χ0v) is 12.6. The molecule has 1 unspecified atom stereocenters. The van der Waals surface area contributed by atoms with Crippen molar-refractivity contribution in [3.05, 3.63) is 23.8 Å². The highest BCUT2D eigenvalue weighted by molar-refractivity contribution is 7.91. The minimum Gasteiger partial charge on any atom is -0.324 e. The maximum absolute atomic E-state index is 12.1. The van der Waals surface area contributed by atoms with Gasteiger partial charge in [0.05, 0.1) is 16.2 Å². The van der Waals surface area contributed by atoms with Crippen molar-refractivity contribution in [2.24, 2.45) is 5.73 Å². The number of nitrogens with one attached hydrogen (secondary N) is 1. The van der Waals surface area contributed by atoms with Crippen molar-refractivity contribution in [2.75, 3.05) is 11.1 Å². The summed E-state index contributed by atoms with van der Waals surface area (Å²) in [4.78, 5) is 12.4. The topological polar surface area (TPSA) is 89.3 Å². The molecule has 1 amide bonds. The Bertz CT molecular complexity index is 636. The molecule has 0 saturated heterocycles. The Labute approximate surface area is 119 Å². The Morgan fingerprint density at radius 3 is 2.80 bits per heavy atom. The number of hydrogen-bond acceptors (Lipinski definition) is 4. The Hall–Kier alpha value is -1.40. The van der Waals surface area contributed by atoms with Crippen molar-refractivity contribution in [3.8, 4) is 0 Å². The molecule has 110 valence electrons. The summed E-state index contributed by atoms with van der Waals surface area (Å²) in [6, 6.07) is 5.00. The fourth-order valence-electron chi connectivity index (χ4n) is 2.39. The summed E-state index contributed by atoms with van der Waals surface area (Å²) in [5.41, 5.74) is 6.29. The number of amides is 1. The van der Waals surface area contributed by atoms with E-state index in [4.69, 9.17) is 5.73 Å². The van der Waals surface area contributed by atoms with Gasteiger partial charge in [0.2, 0.25) is 5.91 Å². The summed E-state index contributed by atoms with van der Waals surface area (Å²) < 4.78 is 23.7. The maximum atomic E-state index is 12.1. The van der Waals surface area contributed by atoms with Crippen LogP contribution in [-0.2, 0) is 21.1 Å². The van der Waals surface area contributed by atoms with Gasteiger partial charge in [0, 0.05) is 5.69 Å². The van der Waals surface area contributed by atoms with E-state index < -0.39 is 15.4 Å². The number of anilines is 1. The van der Waals surface area contributed by atoms with Crippen molar-refractivity contribution in [3.63, 3.8) is 0 Å². The molecule has 1 aliphatic heterocycles. The minimum atomic E-state index is -3.19. The lowest BCUT2D eigenvalue weighted by Gasteiger charge is -2.23. The van der Waals surface area contributed by atoms with Crippen LogP contribution in [0.25, 0.3) is 0 Å². The SMILES string of the molecule is CCCC(C)(N)C(=O)Nc1ccc2c(c1)S(=O)(=O)CC2. The third-order valence-electron chi connectivity index (χ3n) is 3.59. The molecule has 1 aliphatic rings. The van der Waals surface area contributed by atoms with Gasteiger partial charge >= 0.3 is 0 Å². The molecule has 3 N–H and O–H groups in total. The van der Waals surface area contributed by atoms with E-state index in [1.807, 2.05) is 6.92 Å². The Morgan fingerprint density at radius 2 is 2.15 bits per heavy atom. The van der Waals surface area contributed by atoms with Crippen molar-refractivity contribution in [1.29, 1.82) is 0 Å². The van der Waals surface area contributed by atoms with Crippen LogP contribution in [-0.4, -0.2) is 25.6 Å². The standard InChI is InChI=1S/C14H20N2O3S/c1-3-7-14(2,15)13(17)16-11-5-4-10-6-8-20(18,19)12(10)9-11/h4-5,9H,3,6-8,15H2,1-2H3,(H,16,17). The molecule has 6 heteroatoms. The van der Waals surface area contributed by atoms with Crippen molar-refractivity contribution >= 4 is 21.4 Å². The van der Waals surface area contributed by atoms with Crippen LogP contribution in [0.5, 0.6) is 0 Å². The summed E-state index contributed by atoms with van der Waals surface area (Å²) >= 11 is 0. The van der Waals surface area contributed by atoms with Gasteiger partial charge in [-0.15, -0.1) is 0 Å². The zero-order chi connectivity index (χ0) is 15.0. The second kappa shape index (κ2) is 5.18. The second-order valence-corrected chi connectivity index (χ2v) is 7.59. The van der Waals surface area contributed by atoms with E-state index in [-0.39, 0.29) is 11.7 Å². The van der Waals surface area contributed by atoms with Gasteiger partial charge in [-0.2, -0.15) is 0 Å². The van der Waals surface area contributed by atoms with E-state index in [0.717, 1.165) is 12.0 Å². The highest BCUT2D eigenvalue weighted by Crippen LogP contribution is 2.28. The van der Waals surface area contributed by atoms with Crippen LogP contribution in [0, 0.1) is 0 Å². The molecule has 0 spiro atoms. The third-order valence-corrected chi connectivity index (χ3v) is 5.38. The number of carbonyl (C=O) groups excluding carboxylic acids is 1. The van der Waals surface area contributed by atoms with Crippen LogP contribution >= 0.6 is 0 Å². The number of fused-ring (bicyclic) bond motifs is 1. The monoisotopic (exact) mass is 296 g/mol. The molecule has 0 fully saturated rings. The Morgan fingerprint density at radius 1 is 1.45 bits per heavy atom. The Balaban J connectivity index is 2.22. The lowest BCUT2D eigenvalue weighted by atomic mass is 9.96. The molecular formula is C14H20N2O3S. The van der Waals surface area contributed by atoms with E-state index in [9.17, 15) is 13.2 Å². The summed E-state index contributed by atoms with van der Waals surface area (Å²) in [5, 5.41) is 2.71. The van der Waals surface area contributed by atoms with Crippen LogP contribution in [0.15, 0.2) is 23.1 Å². The molecule has 1 heterocycles. The van der Waals surface area contributed by atoms with Crippen molar-refractivity contribution in [2.45, 2.75) is 43.5 Å². The van der Waals surface area contributed by atoms with E-state index in [2.05, 4.69) is 5.32 Å². The first-order valence-electron chi connectivity index (χ1n) is 6.72.